The van der Waals surface area contributed by atoms with Crippen molar-refractivity contribution in [3.8, 4) is 0 Å². The molecule has 1 fully saturated rings. The number of fused-ring (bicyclic) bond motifs is 1. The predicted molar refractivity (Wildman–Crippen MR) is 85.2 cm³/mol. The fourth-order valence-electron chi connectivity index (χ4n) is 2.55. The molecule has 156 valence electrons. The van der Waals surface area contributed by atoms with Crippen molar-refractivity contribution >= 4 is 32.8 Å². The van der Waals surface area contributed by atoms with Crippen LogP contribution in [0.15, 0.2) is 11.1 Å². The second kappa shape index (κ2) is 8.80. The van der Waals surface area contributed by atoms with E-state index in [9.17, 15) is 33.9 Å². The van der Waals surface area contributed by atoms with E-state index in [0.717, 1.165) is 10.9 Å². The second-order valence-electron chi connectivity index (χ2n) is 5.64. The van der Waals surface area contributed by atoms with Gasteiger partial charge in [0, 0.05) is 0 Å². The summed E-state index contributed by atoms with van der Waals surface area (Å²) in [5.41, 5.74) is 4.62. The molecule has 6 atom stereocenters. The van der Waals surface area contributed by atoms with Gasteiger partial charge in [0.1, 0.15) is 18.3 Å². The SMILES string of the molecule is Nc1nc2c(ncn2C2OC(COP(=O)(O)OP(=O)([O-])O)C(O)[C@@H]2O)c(=O)[nH]1.[Na+]. The molecule has 3 rings (SSSR count). The predicted octanol–water partition coefficient (Wildman–Crippen LogP) is -6.08. The van der Waals surface area contributed by atoms with E-state index < -0.39 is 52.4 Å². The molecule has 2 aromatic rings. The van der Waals surface area contributed by atoms with Gasteiger partial charge in [-0.3, -0.25) is 23.4 Å². The molecule has 16 nitrogen and oxygen atoms in total. The van der Waals surface area contributed by atoms with E-state index >= 15 is 0 Å². The van der Waals surface area contributed by atoms with E-state index in [-0.39, 0.29) is 46.7 Å². The molecule has 0 spiro atoms. The number of phosphoric acid groups is 2. The van der Waals surface area contributed by atoms with Crippen LogP contribution in [0.2, 0.25) is 0 Å². The Morgan fingerprint density at radius 3 is 2.62 bits per heavy atom. The van der Waals surface area contributed by atoms with E-state index in [1.807, 2.05) is 0 Å². The Morgan fingerprint density at radius 1 is 1.34 bits per heavy atom. The maximum Gasteiger partial charge on any atom is 1.00 e. The number of nitrogen functional groups attached to an aromatic ring is 1. The van der Waals surface area contributed by atoms with Gasteiger partial charge in [-0.15, -0.1) is 0 Å². The Morgan fingerprint density at radius 2 is 2.00 bits per heavy atom. The zero-order valence-electron chi connectivity index (χ0n) is 14.6. The van der Waals surface area contributed by atoms with Gasteiger partial charge in [0.05, 0.1) is 12.9 Å². The number of aromatic nitrogens is 4. The molecule has 7 N–H and O–H groups in total. The van der Waals surface area contributed by atoms with E-state index in [2.05, 4.69) is 23.8 Å². The number of nitrogens with one attached hydrogen (secondary N) is 1. The molecule has 1 saturated heterocycles. The third kappa shape index (κ3) is 5.51. The quantitative estimate of drug-likeness (QED) is 0.171. The number of ether oxygens (including phenoxy) is 1. The van der Waals surface area contributed by atoms with Crippen LogP contribution in [0.25, 0.3) is 11.2 Å². The van der Waals surface area contributed by atoms with Crippen LogP contribution in [0.1, 0.15) is 6.23 Å². The van der Waals surface area contributed by atoms with Crippen molar-refractivity contribution in [1.29, 1.82) is 0 Å². The molecule has 0 amide bonds. The minimum absolute atomic E-state index is 0. The van der Waals surface area contributed by atoms with Crippen LogP contribution in [0.5, 0.6) is 0 Å². The summed E-state index contributed by atoms with van der Waals surface area (Å²) in [6, 6.07) is 0. The molecular weight excluding hydrogens is 451 g/mol. The van der Waals surface area contributed by atoms with Gasteiger partial charge in [0.25, 0.3) is 13.4 Å². The second-order valence-corrected chi connectivity index (χ2v) is 8.42. The number of H-pyrrole nitrogens is 1. The smallest absolute Gasteiger partial charge is 0.756 e. The summed E-state index contributed by atoms with van der Waals surface area (Å²) in [6.07, 6.45) is -4.95. The van der Waals surface area contributed by atoms with E-state index in [1.54, 1.807) is 0 Å². The molecule has 1 aliphatic rings. The molecule has 2 aromatic heterocycles. The van der Waals surface area contributed by atoms with Crippen molar-refractivity contribution in [3.05, 3.63) is 16.7 Å². The Bertz CT molecular complexity index is 1040. The Kier molecular flexibility index (Phi) is 7.45. The summed E-state index contributed by atoms with van der Waals surface area (Å²) in [7, 11) is -10.8. The monoisotopic (exact) mass is 465 g/mol. The van der Waals surface area contributed by atoms with Gasteiger partial charge < -0.3 is 35.4 Å². The number of anilines is 1. The zero-order valence-corrected chi connectivity index (χ0v) is 18.3. The van der Waals surface area contributed by atoms with Gasteiger partial charge in [0.15, 0.2) is 17.4 Å². The minimum Gasteiger partial charge on any atom is -0.756 e. The first-order chi connectivity index (χ1) is 12.9. The largest absolute Gasteiger partial charge is 1.00 e. The number of nitrogens with zero attached hydrogens (tertiary/aromatic N) is 3. The van der Waals surface area contributed by atoms with Crippen molar-refractivity contribution in [3.63, 3.8) is 0 Å². The number of aromatic amines is 1. The summed E-state index contributed by atoms with van der Waals surface area (Å²) in [5, 5.41) is 20.2. The van der Waals surface area contributed by atoms with Crippen LogP contribution in [0, 0.1) is 0 Å². The van der Waals surface area contributed by atoms with Crippen LogP contribution < -0.4 is 45.7 Å². The molecule has 0 aromatic carbocycles. The van der Waals surface area contributed by atoms with Gasteiger partial charge in [-0.05, 0) is 0 Å². The Labute approximate surface area is 182 Å². The van der Waals surface area contributed by atoms with Gasteiger partial charge >= 0.3 is 37.4 Å². The third-order valence-corrected chi connectivity index (χ3v) is 5.80. The number of aliphatic hydroxyl groups is 2. The summed E-state index contributed by atoms with van der Waals surface area (Å²) in [6.45, 7) is -0.898. The van der Waals surface area contributed by atoms with Crippen LogP contribution in [0.3, 0.4) is 0 Å². The zero-order chi connectivity index (χ0) is 20.9. The molecule has 5 unspecified atom stereocenters. The number of nitrogens with two attached hydrogens (primary N) is 1. The number of phosphoric ester groups is 1. The van der Waals surface area contributed by atoms with Gasteiger partial charge in [-0.2, -0.15) is 4.98 Å². The molecule has 0 bridgehead atoms. The first-order valence-corrected chi connectivity index (χ1v) is 10.3. The summed E-state index contributed by atoms with van der Waals surface area (Å²) in [5.74, 6) is -0.239. The number of imidazole rings is 1. The Hall–Kier alpha value is -0.710. The van der Waals surface area contributed by atoms with Crippen LogP contribution in [-0.4, -0.2) is 64.4 Å². The fraction of sp³-hybridized carbons (Fsp3) is 0.500. The van der Waals surface area contributed by atoms with Crippen molar-refractivity contribution in [2.75, 3.05) is 12.3 Å². The molecular formula is C10H14N5NaO11P2. The summed E-state index contributed by atoms with van der Waals surface area (Å²) < 4.78 is 36.2. The fourth-order valence-corrected chi connectivity index (χ4v) is 4.11. The van der Waals surface area contributed by atoms with E-state index in [4.69, 9.17) is 15.4 Å². The minimum atomic E-state index is -5.57. The van der Waals surface area contributed by atoms with Gasteiger partial charge in [0.2, 0.25) is 5.95 Å². The number of hydrogen-bond donors (Lipinski definition) is 6. The maximum atomic E-state index is 11.8. The maximum absolute atomic E-state index is 11.8. The molecule has 1 aliphatic heterocycles. The number of rotatable bonds is 6. The molecule has 3 heterocycles. The van der Waals surface area contributed by atoms with E-state index in [0.29, 0.717) is 0 Å². The van der Waals surface area contributed by atoms with Crippen LogP contribution in [0.4, 0.5) is 5.95 Å². The van der Waals surface area contributed by atoms with Crippen molar-refractivity contribution in [1.82, 2.24) is 19.5 Å². The molecule has 0 aliphatic carbocycles. The van der Waals surface area contributed by atoms with Crippen molar-refractivity contribution in [2.45, 2.75) is 24.5 Å². The normalized spacial score (nSPS) is 28.6. The first-order valence-electron chi connectivity index (χ1n) is 7.34. The van der Waals surface area contributed by atoms with E-state index in [1.165, 1.54) is 0 Å². The topological polar surface area (TPSA) is 255 Å². The number of aliphatic hydroxyl groups excluding tert-OH is 2. The van der Waals surface area contributed by atoms with Gasteiger partial charge in [-0.1, -0.05) is 0 Å². The number of hydrogen-bond acceptors (Lipinski definition) is 12. The molecule has 0 saturated carbocycles. The van der Waals surface area contributed by atoms with Crippen LogP contribution in [-0.2, 0) is 22.7 Å². The van der Waals surface area contributed by atoms with Crippen molar-refractivity contribution < 1.29 is 77.2 Å². The van der Waals surface area contributed by atoms with Crippen LogP contribution >= 0.6 is 15.6 Å². The molecule has 19 heteroatoms. The third-order valence-electron chi connectivity index (χ3n) is 3.67. The standard InChI is InChI=1S/C10H15N5O11P2.Na/c11-10-13-7-4(8(18)14-10)12-2-15(7)9-6(17)5(16)3(25-9)1-24-28(22,23)26-27(19,20)21;/h2-3,5-6,9,16-17H,1H2,(H,22,23)(H2,19,20,21)(H3,11,13,14,18);/q;+1/p-1/t3?,5?,6-,9?;/m0./s1. The Balaban J connectivity index is 0.00000300. The van der Waals surface area contributed by atoms with Crippen molar-refractivity contribution in [2.24, 2.45) is 0 Å². The average Bonchev–Trinajstić information content (AvgIpc) is 3.06. The molecule has 0 radical (unpaired) electrons. The first kappa shape index (κ1) is 24.6. The average molecular weight is 465 g/mol. The van der Waals surface area contributed by atoms with Gasteiger partial charge in [-0.25, -0.2) is 13.9 Å². The summed E-state index contributed by atoms with van der Waals surface area (Å²) in [4.78, 5) is 49.9. The summed E-state index contributed by atoms with van der Waals surface area (Å²) >= 11 is 0. The molecule has 29 heavy (non-hydrogen) atoms.